The number of carbonyl (C=O) groups is 1. The Morgan fingerprint density at radius 3 is 2.64 bits per heavy atom. The minimum atomic E-state index is -0.112. The van der Waals surface area contributed by atoms with Crippen LogP contribution in [0.5, 0.6) is 0 Å². The topological polar surface area (TPSA) is 53.4 Å². The molecule has 1 aromatic heterocycles. The predicted octanol–water partition coefficient (Wildman–Crippen LogP) is 6.27. The molecule has 3 aromatic rings. The van der Waals surface area contributed by atoms with Gasteiger partial charge < -0.3 is 9.88 Å². The number of aromatic nitrogens is 2. The molecule has 2 aliphatic rings. The number of urea groups is 1. The summed E-state index contributed by atoms with van der Waals surface area (Å²) in [5, 5.41) is 3.61. The lowest BCUT2D eigenvalue weighted by Crippen LogP contribution is -2.46. The highest BCUT2D eigenvalue weighted by Gasteiger charge is 2.41. The van der Waals surface area contributed by atoms with Gasteiger partial charge in [0.15, 0.2) is 0 Å². The number of rotatable bonds is 8. The van der Waals surface area contributed by atoms with Crippen molar-refractivity contribution in [3.63, 3.8) is 0 Å². The maximum Gasteiger partial charge on any atom is 0.322 e. The van der Waals surface area contributed by atoms with Gasteiger partial charge in [-0.3, -0.25) is 9.80 Å². The highest BCUT2D eigenvalue weighted by atomic mass is 35.5. The van der Waals surface area contributed by atoms with Crippen molar-refractivity contribution < 1.29 is 4.79 Å². The van der Waals surface area contributed by atoms with Gasteiger partial charge in [0.2, 0.25) is 0 Å². The minimum Gasteiger partial charge on any atom is -0.334 e. The normalized spacial score (nSPS) is 21.6. The average molecular weight is 506 g/mol. The molecule has 2 aromatic carbocycles. The summed E-state index contributed by atoms with van der Waals surface area (Å²) in [6.45, 7) is 9.91. The zero-order valence-corrected chi connectivity index (χ0v) is 22.0. The number of piperidine rings is 1. The van der Waals surface area contributed by atoms with Crippen LogP contribution in [-0.4, -0.2) is 52.2 Å². The first-order chi connectivity index (χ1) is 17.5. The summed E-state index contributed by atoms with van der Waals surface area (Å²) in [5.41, 5.74) is 4.19. The molecule has 3 heterocycles. The Morgan fingerprint density at radius 1 is 1.17 bits per heavy atom. The standard InChI is InChI=1S/C29H36ClN5O/c1-4-14-31-29(36)34(24-11-10-20(2)26(30)19-24)16-7-15-33-22-12-13-23(33)18-25(17-22)35-21(3)32-27-8-5-6-9-28(27)35/h4-6,8-11,19,22-23,25H,1,7,12-18H2,2-3H3,(H,31,36)/t22-,23+,25?. The van der Waals surface area contributed by atoms with Crippen LogP contribution in [-0.2, 0) is 0 Å². The first kappa shape index (κ1) is 24.8. The molecule has 0 aliphatic carbocycles. The lowest BCUT2D eigenvalue weighted by Gasteiger charge is -2.40. The van der Waals surface area contributed by atoms with Gasteiger partial charge >= 0.3 is 6.03 Å². The Hall–Kier alpha value is -2.83. The summed E-state index contributed by atoms with van der Waals surface area (Å²) in [6.07, 6.45) is 7.44. The summed E-state index contributed by atoms with van der Waals surface area (Å²) in [6, 6.07) is 15.9. The molecule has 2 aliphatic heterocycles. The number of nitrogens with one attached hydrogen (secondary N) is 1. The van der Waals surface area contributed by atoms with Crippen molar-refractivity contribution in [2.45, 2.75) is 64.1 Å². The van der Waals surface area contributed by atoms with Crippen molar-refractivity contribution in [3.8, 4) is 0 Å². The molecule has 2 amide bonds. The molecule has 190 valence electrons. The maximum absolute atomic E-state index is 12.9. The lowest BCUT2D eigenvalue weighted by molar-refractivity contribution is 0.107. The number of para-hydroxylation sites is 2. The quantitative estimate of drug-likeness (QED) is 0.367. The fourth-order valence-electron chi connectivity index (χ4n) is 6.21. The molecule has 3 atom stereocenters. The Kier molecular flexibility index (Phi) is 7.35. The van der Waals surface area contributed by atoms with E-state index >= 15 is 0 Å². The van der Waals surface area contributed by atoms with Crippen LogP contribution in [0.25, 0.3) is 11.0 Å². The van der Waals surface area contributed by atoms with E-state index in [4.69, 9.17) is 16.6 Å². The number of imidazole rings is 1. The van der Waals surface area contributed by atoms with Gasteiger partial charge in [-0.05, 0) is 75.8 Å². The first-order valence-corrected chi connectivity index (χ1v) is 13.5. The van der Waals surface area contributed by atoms with Gasteiger partial charge in [-0.1, -0.05) is 35.9 Å². The van der Waals surface area contributed by atoms with E-state index in [1.165, 1.54) is 18.4 Å². The number of nitrogens with zero attached hydrogens (tertiary/aromatic N) is 4. The Morgan fingerprint density at radius 2 is 1.92 bits per heavy atom. The monoisotopic (exact) mass is 505 g/mol. The third-order valence-electron chi connectivity index (χ3n) is 7.90. The fourth-order valence-corrected chi connectivity index (χ4v) is 6.39. The van der Waals surface area contributed by atoms with Gasteiger partial charge in [-0.25, -0.2) is 9.78 Å². The minimum absolute atomic E-state index is 0.112. The molecule has 2 bridgehead atoms. The SMILES string of the molecule is C=CCNC(=O)N(CCCN1[C@@H]2CC[C@H]1CC(n1c(C)nc3ccccc31)C2)c1ccc(C)c(Cl)c1. The van der Waals surface area contributed by atoms with Gasteiger partial charge in [0.05, 0.1) is 11.0 Å². The predicted molar refractivity (Wildman–Crippen MR) is 148 cm³/mol. The highest BCUT2D eigenvalue weighted by molar-refractivity contribution is 6.31. The summed E-state index contributed by atoms with van der Waals surface area (Å²) in [5.74, 6) is 1.12. The number of halogens is 1. The molecule has 0 saturated carbocycles. The van der Waals surface area contributed by atoms with E-state index in [-0.39, 0.29) is 6.03 Å². The molecular weight excluding hydrogens is 470 g/mol. The largest absolute Gasteiger partial charge is 0.334 e. The molecule has 5 rings (SSSR count). The van der Waals surface area contributed by atoms with Crippen molar-refractivity contribution in [2.75, 3.05) is 24.5 Å². The van der Waals surface area contributed by atoms with Gasteiger partial charge in [0, 0.05) is 48.5 Å². The molecule has 0 spiro atoms. The van der Waals surface area contributed by atoms with Crippen LogP contribution in [0, 0.1) is 13.8 Å². The van der Waals surface area contributed by atoms with Gasteiger partial charge in [0.25, 0.3) is 0 Å². The van der Waals surface area contributed by atoms with Crippen molar-refractivity contribution in [2.24, 2.45) is 0 Å². The summed E-state index contributed by atoms with van der Waals surface area (Å²) in [7, 11) is 0. The molecule has 1 N–H and O–H groups in total. The van der Waals surface area contributed by atoms with Crippen LogP contribution in [0.4, 0.5) is 10.5 Å². The average Bonchev–Trinajstić information content (AvgIpc) is 3.32. The zero-order valence-electron chi connectivity index (χ0n) is 21.3. The van der Waals surface area contributed by atoms with Crippen molar-refractivity contribution >= 4 is 34.4 Å². The van der Waals surface area contributed by atoms with Crippen LogP contribution in [0.1, 0.15) is 49.5 Å². The van der Waals surface area contributed by atoms with E-state index in [0.29, 0.717) is 36.2 Å². The van der Waals surface area contributed by atoms with Crippen LogP contribution in [0.15, 0.2) is 55.1 Å². The second kappa shape index (κ2) is 10.7. The maximum atomic E-state index is 12.9. The van der Waals surface area contributed by atoms with Gasteiger partial charge in [0.1, 0.15) is 5.82 Å². The van der Waals surface area contributed by atoms with Gasteiger partial charge in [-0.2, -0.15) is 0 Å². The number of benzene rings is 2. The van der Waals surface area contributed by atoms with E-state index in [0.717, 1.165) is 48.4 Å². The number of fused-ring (bicyclic) bond motifs is 3. The number of carbonyl (C=O) groups excluding carboxylic acids is 1. The molecule has 2 saturated heterocycles. The lowest BCUT2D eigenvalue weighted by atomic mass is 9.96. The number of hydrogen-bond donors (Lipinski definition) is 1. The Labute approximate surface area is 218 Å². The van der Waals surface area contributed by atoms with Crippen LogP contribution in [0.3, 0.4) is 0 Å². The van der Waals surface area contributed by atoms with Gasteiger partial charge in [-0.15, -0.1) is 6.58 Å². The number of aryl methyl sites for hydroxylation is 2. The van der Waals surface area contributed by atoms with Crippen LogP contribution >= 0.6 is 11.6 Å². The Balaban J connectivity index is 1.25. The highest BCUT2D eigenvalue weighted by Crippen LogP contribution is 2.42. The summed E-state index contributed by atoms with van der Waals surface area (Å²) < 4.78 is 2.48. The van der Waals surface area contributed by atoms with Crippen LogP contribution < -0.4 is 10.2 Å². The number of anilines is 1. The molecule has 2 fully saturated rings. The fraction of sp³-hybridized carbons (Fsp3) is 0.448. The van der Waals surface area contributed by atoms with Crippen molar-refractivity contribution in [3.05, 3.63) is 71.5 Å². The molecular formula is C29H36ClN5O. The molecule has 7 heteroatoms. The van der Waals surface area contributed by atoms with Crippen LogP contribution in [0.2, 0.25) is 5.02 Å². The summed E-state index contributed by atoms with van der Waals surface area (Å²) in [4.78, 5) is 22.3. The zero-order chi connectivity index (χ0) is 25.2. The van der Waals surface area contributed by atoms with E-state index < -0.39 is 0 Å². The van der Waals surface area contributed by atoms with E-state index in [1.54, 1.807) is 6.08 Å². The summed E-state index contributed by atoms with van der Waals surface area (Å²) >= 11 is 6.38. The molecule has 6 nitrogen and oxygen atoms in total. The first-order valence-electron chi connectivity index (χ1n) is 13.1. The molecule has 0 radical (unpaired) electrons. The number of hydrogen-bond acceptors (Lipinski definition) is 3. The second-order valence-electron chi connectivity index (χ2n) is 10.2. The molecule has 36 heavy (non-hydrogen) atoms. The Bertz CT molecular complexity index is 1240. The van der Waals surface area contributed by atoms with Crippen molar-refractivity contribution in [1.29, 1.82) is 0 Å². The third-order valence-corrected chi connectivity index (χ3v) is 8.31. The van der Waals surface area contributed by atoms with E-state index in [1.807, 2.05) is 30.0 Å². The smallest absolute Gasteiger partial charge is 0.322 e. The van der Waals surface area contributed by atoms with Crippen molar-refractivity contribution in [1.82, 2.24) is 19.8 Å². The van der Waals surface area contributed by atoms with E-state index in [2.05, 4.69) is 52.6 Å². The second-order valence-corrected chi connectivity index (χ2v) is 10.6. The van der Waals surface area contributed by atoms with E-state index in [9.17, 15) is 4.79 Å². The molecule has 1 unspecified atom stereocenters. The third kappa shape index (κ3) is 4.89. The number of amides is 2.